The van der Waals surface area contributed by atoms with Crippen LogP contribution in [0.15, 0.2) is 6.07 Å². The Labute approximate surface area is 133 Å². The van der Waals surface area contributed by atoms with Gasteiger partial charge in [-0.1, -0.05) is 34.5 Å². The third-order valence-electron chi connectivity index (χ3n) is 2.14. The number of hydrogen-bond donors (Lipinski definition) is 2. The van der Waals surface area contributed by atoms with E-state index in [1.54, 1.807) is 6.92 Å². The van der Waals surface area contributed by atoms with Gasteiger partial charge in [0, 0.05) is 0 Å². The van der Waals surface area contributed by atoms with Crippen molar-refractivity contribution in [2.75, 3.05) is 4.31 Å². The van der Waals surface area contributed by atoms with Crippen molar-refractivity contribution in [2.45, 2.75) is 6.92 Å². The smallest absolute Gasteiger partial charge is 0.357 e. The van der Waals surface area contributed by atoms with Crippen LogP contribution in [0.5, 0.6) is 0 Å². The Kier molecular flexibility index (Phi) is 4.55. The van der Waals surface area contributed by atoms with E-state index in [2.05, 4.69) is 4.98 Å². The van der Waals surface area contributed by atoms with Crippen molar-refractivity contribution < 1.29 is 18.3 Å². The molecular formula is C9H6Cl2N2O4S3. The molecule has 6 nitrogen and oxygen atoms in total. The van der Waals surface area contributed by atoms with E-state index in [4.69, 9.17) is 28.3 Å². The number of carboxylic acids is 1. The summed E-state index contributed by atoms with van der Waals surface area (Å²) in [6.45, 7) is 1.58. The summed E-state index contributed by atoms with van der Waals surface area (Å²) in [5.41, 5.74) is -0.228. The summed E-state index contributed by atoms with van der Waals surface area (Å²) >= 11 is 13.7. The lowest BCUT2D eigenvalue weighted by Gasteiger charge is -2.14. The molecule has 0 aliphatic heterocycles. The van der Waals surface area contributed by atoms with E-state index in [0.717, 1.165) is 27.0 Å². The van der Waals surface area contributed by atoms with Crippen molar-refractivity contribution in [3.63, 3.8) is 0 Å². The highest BCUT2D eigenvalue weighted by Crippen LogP contribution is 2.43. The van der Waals surface area contributed by atoms with E-state index >= 15 is 0 Å². The van der Waals surface area contributed by atoms with Gasteiger partial charge in [-0.25, -0.2) is 22.5 Å². The van der Waals surface area contributed by atoms with Crippen molar-refractivity contribution in [1.29, 1.82) is 0 Å². The number of aromatic nitrogens is 1. The molecule has 0 aliphatic carbocycles. The van der Waals surface area contributed by atoms with Gasteiger partial charge in [0.15, 0.2) is 5.69 Å². The number of aryl methyl sites for hydroxylation is 1. The number of carboxylic acid groups (broad SMARTS) is 1. The van der Waals surface area contributed by atoms with Crippen molar-refractivity contribution in [3.05, 3.63) is 25.4 Å². The third-order valence-corrected chi connectivity index (χ3v) is 5.44. The monoisotopic (exact) mass is 372 g/mol. The van der Waals surface area contributed by atoms with E-state index in [9.17, 15) is 13.2 Å². The minimum Gasteiger partial charge on any atom is -0.476 e. The predicted molar refractivity (Wildman–Crippen MR) is 80.6 cm³/mol. The van der Waals surface area contributed by atoms with Gasteiger partial charge in [0.2, 0.25) is 10.9 Å². The lowest BCUT2D eigenvalue weighted by molar-refractivity contribution is 0.0692. The Morgan fingerprint density at radius 1 is 1.40 bits per heavy atom. The molecule has 11 heteroatoms. The fourth-order valence-electron chi connectivity index (χ4n) is 1.45. The van der Waals surface area contributed by atoms with E-state index in [-0.39, 0.29) is 20.7 Å². The normalized spacial score (nSPS) is 11.0. The number of thiophene rings is 1. The van der Waals surface area contributed by atoms with Gasteiger partial charge in [-0.3, -0.25) is 0 Å². The zero-order valence-electron chi connectivity index (χ0n) is 9.66. The number of thiazole rings is 1. The number of anilines is 2. The second-order valence-electron chi connectivity index (χ2n) is 3.45. The summed E-state index contributed by atoms with van der Waals surface area (Å²) in [4.78, 5) is 15.0. The van der Waals surface area contributed by atoms with Crippen LogP contribution >= 0.6 is 45.9 Å². The van der Waals surface area contributed by atoms with Crippen LogP contribution in [0.3, 0.4) is 0 Å². The first kappa shape index (κ1) is 15.5. The average Bonchev–Trinajstić information content (AvgIpc) is 2.83. The van der Waals surface area contributed by atoms with Crippen LogP contribution in [0.2, 0.25) is 8.67 Å². The Bertz CT molecular complexity index is 744. The van der Waals surface area contributed by atoms with Gasteiger partial charge in [0.25, 0.3) is 0 Å². The summed E-state index contributed by atoms with van der Waals surface area (Å²) in [6.07, 6.45) is 0. The third kappa shape index (κ3) is 2.91. The molecule has 108 valence electrons. The summed E-state index contributed by atoms with van der Waals surface area (Å²) in [5, 5.41) is 9.50. The van der Waals surface area contributed by atoms with Crippen LogP contribution < -0.4 is 4.31 Å². The first-order chi connectivity index (χ1) is 9.31. The molecule has 0 unspecified atom stereocenters. The second kappa shape index (κ2) is 5.86. The second-order valence-corrected chi connectivity index (χ2v) is 7.79. The zero-order chi connectivity index (χ0) is 15.0. The Morgan fingerprint density at radius 2 is 2.05 bits per heavy atom. The molecule has 1 N–H and O–H groups in total. The van der Waals surface area contributed by atoms with Gasteiger partial charge >= 0.3 is 5.97 Å². The first-order valence-electron chi connectivity index (χ1n) is 4.91. The Balaban J connectivity index is 2.67. The van der Waals surface area contributed by atoms with Crippen molar-refractivity contribution in [1.82, 2.24) is 4.98 Å². The molecule has 0 amide bonds. The maximum absolute atomic E-state index is 11.5. The van der Waals surface area contributed by atoms with Crippen LogP contribution in [-0.2, 0) is 10.9 Å². The highest BCUT2D eigenvalue weighted by molar-refractivity contribution is 7.74. The molecule has 0 aromatic carbocycles. The zero-order valence-corrected chi connectivity index (χ0v) is 13.7. The molecule has 0 atom stereocenters. The Hall–Kier alpha value is -0.870. The number of hydrogen-bond acceptors (Lipinski definition) is 6. The van der Waals surface area contributed by atoms with Crippen molar-refractivity contribution in [2.24, 2.45) is 0 Å². The number of aromatic carboxylic acids is 1. The molecule has 2 heterocycles. The maximum Gasteiger partial charge on any atom is 0.357 e. The van der Waals surface area contributed by atoms with E-state index in [1.807, 2.05) is 0 Å². The number of halogens is 2. The molecule has 0 aliphatic rings. The van der Waals surface area contributed by atoms with Gasteiger partial charge in [-0.05, 0) is 13.0 Å². The summed E-state index contributed by atoms with van der Waals surface area (Å²) < 4.78 is 24.3. The standard InChI is InChI=1S/C9H6Cl2N2O4S3/c1-3-12-6(9(14)15)8(18-3)13(20(16)17)4-2-5(10)19-7(4)11/h2,20H,1H3,(H,14,15). The molecule has 2 aromatic heterocycles. The molecule has 2 rings (SSSR count). The van der Waals surface area contributed by atoms with Gasteiger partial charge in [0.05, 0.1) is 15.0 Å². The van der Waals surface area contributed by atoms with Gasteiger partial charge < -0.3 is 5.11 Å². The minimum atomic E-state index is -3.14. The highest BCUT2D eigenvalue weighted by atomic mass is 35.5. The topological polar surface area (TPSA) is 87.6 Å². The summed E-state index contributed by atoms with van der Waals surface area (Å²) in [6, 6.07) is 1.36. The molecule has 0 saturated carbocycles. The molecule has 0 bridgehead atoms. The molecule has 0 saturated heterocycles. The number of nitrogens with zero attached hydrogens (tertiary/aromatic N) is 2. The largest absolute Gasteiger partial charge is 0.476 e. The summed E-state index contributed by atoms with van der Waals surface area (Å²) in [5.74, 6) is -1.32. The number of thiol groups is 1. The first-order valence-corrected chi connectivity index (χ1v) is 8.43. The van der Waals surface area contributed by atoms with Crippen LogP contribution in [0, 0.1) is 6.92 Å². The SMILES string of the molecule is Cc1nc(C(=O)O)c(N(c2cc(Cl)sc2Cl)[SH](=O)=O)s1. The van der Waals surface area contributed by atoms with Crippen molar-refractivity contribution >= 4 is 73.4 Å². The molecule has 2 aromatic rings. The van der Waals surface area contributed by atoms with Gasteiger partial charge in [0.1, 0.15) is 9.34 Å². The molecule has 0 radical (unpaired) electrons. The quantitative estimate of drug-likeness (QED) is 0.804. The molecular weight excluding hydrogens is 367 g/mol. The fraction of sp³-hybridized carbons (Fsp3) is 0.111. The number of carbonyl (C=O) groups is 1. The van der Waals surface area contributed by atoms with E-state index in [1.165, 1.54) is 6.07 Å². The predicted octanol–water partition coefficient (Wildman–Crippen LogP) is 3.18. The van der Waals surface area contributed by atoms with Gasteiger partial charge in [-0.15, -0.1) is 11.3 Å². The number of rotatable bonds is 4. The highest BCUT2D eigenvalue weighted by Gasteiger charge is 2.26. The van der Waals surface area contributed by atoms with Crippen molar-refractivity contribution in [3.8, 4) is 0 Å². The van der Waals surface area contributed by atoms with Crippen LogP contribution in [0.1, 0.15) is 15.5 Å². The van der Waals surface area contributed by atoms with Crippen LogP contribution in [-0.4, -0.2) is 24.5 Å². The fourth-order valence-corrected chi connectivity index (χ4v) is 4.74. The minimum absolute atomic E-state index is 0.0255. The molecule has 0 fully saturated rings. The lowest BCUT2D eigenvalue weighted by atomic mass is 10.4. The Morgan fingerprint density at radius 3 is 2.50 bits per heavy atom. The van der Waals surface area contributed by atoms with Crippen LogP contribution in [0.4, 0.5) is 10.7 Å². The molecule has 20 heavy (non-hydrogen) atoms. The van der Waals surface area contributed by atoms with E-state index in [0.29, 0.717) is 9.34 Å². The van der Waals surface area contributed by atoms with Crippen LogP contribution in [0.25, 0.3) is 0 Å². The average molecular weight is 373 g/mol. The van der Waals surface area contributed by atoms with E-state index < -0.39 is 16.9 Å². The van der Waals surface area contributed by atoms with Gasteiger partial charge in [-0.2, -0.15) is 0 Å². The summed E-state index contributed by atoms with van der Waals surface area (Å²) in [7, 11) is -3.14. The maximum atomic E-state index is 11.5. The molecule has 0 spiro atoms. The lowest BCUT2D eigenvalue weighted by Crippen LogP contribution is -2.16.